The Hall–Kier alpha value is -1.55. The average molecular weight is 305 g/mol. The predicted molar refractivity (Wildman–Crippen MR) is 87.9 cm³/mol. The third kappa shape index (κ3) is 4.47. The van der Waals surface area contributed by atoms with Gasteiger partial charge in [-0.1, -0.05) is 18.2 Å². The number of quaternary nitrogens is 1. The summed E-state index contributed by atoms with van der Waals surface area (Å²) in [5, 5.41) is 5.63. The first-order chi connectivity index (χ1) is 10.2. The number of carbonyl (C=O) groups is 1. The van der Waals surface area contributed by atoms with Gasteiger partial charge in [-0.15, -0.1) is 0 Å². The minimum Gasteiger partial charge on any atom is -0.496 e. The smallest absolute Gasteiger partial charge is 0.224 e. The highest BCUT2D eigenvalue weighted by atomic mass is 16.5. The molecule has 0 bridgehead atoms. The SMILES string of the molecule is COc1ccccc1CC(=O)NC1CC(C)(C)[NH2+]C(C)(C)C1. The molecule has 0 unspecified atom stereocenters. The van der Waals surface area contributed by atoms with Gasteiger partial charge in [-0.25, -0.2) is 0 Å². The summed E-state index contributed by atoms with van der Waals surface area (Å²) < 4.78 is 5.32. The summed E-state index contributed by atoms with van der Waals surface area (Å²) in [4.78, 5) is 12.4. The Balaban J connectivity index is 2.00. The van der Waals surface area contributed by atoms with Crippen LogP contribution in [0.5, 0.6) is 5.75 Å². The molecule has 0 atom stereocenters. The average Bonchev–Trinajstić information content (AvgIpc) is 2.35. The van der Waals surface area contributed by atoms with E-state index in [1.165, 1.54) is 0 Å². The second-order valence-electron chi connectivity index (χ2n) is 7.78. The van der Waals surface area contributed by atoms with Crippen molar-refractivity contribution in [3.63, 3.8) is 0 Å². The van der Waals surface area contributed by atoms with Crippen LogP contribution in [-0.2, 0) is 11.2 Å². The van der Waals surface area contributed by atoms with Gasteiger partial charge in [0.05, 0.1) is 24.6 Å². The Morgan fingerprint density at radius 2 is 1.82 bits per heavy atom. The van der Waals surface area contributed by atoms with E-state index in [4.69, 9.17) is 4.74 Å². The lowest BCUT2D eigenvalue weighted by molar-refractivity contribution is -0.787. The Kier molecular flexibility index (Phi) is 4.81. The molecular formula is C18H29N2O2+. The fraction of sp³-hybridized carbons (Fsp3) is 0.611. The van der Waals surface area contributed by atoms with Crippen LogP contribution in [0, 0.1) is 0 Å². The van der Waals surface area contributed by atoms with Gasteiger partial charge < -0.3 is 15.4 Å². The molecule has 1 aliphatic heterocycles. The van der Waals surface area contributed by atoms with Crippen molar-refractivity contribution >= 4 is 5.91 Å². The van der Waals surface area contributed by atoms with E-state index in [0.717, 1.165) is 24.2 Å². The molecule has 0 radical (unpaired) electrons. The van der Waals surface area contributed by atoms with Gasteiger partial charge in [0, 0.05) is 24.4 Å². The van der Waals surface area contributed by atoms with Crippen molar-refractivity contribution in [1.29, 1.82) is 0 Å². The van der Waals surface area contributed by atoms with Crippen LogP contribution in [0.1, 0.15) is 46.1 Å². The van der Waals surface area contributed by atoms with Gasteiger partial charge in [0.15, 0.2) is 0 Å². The van der Waals surface area contributed by atoms with E-state index < -0.39 is 0 Å². The molecule has 0 saturated carbocycles. The Labute approximate surface area is 133 Å². The zero-order chi connectivity index (χ0) is 16.4. The van der Waals surface area contributed by atoms with E-state index in [-0.39, 0.29) is 23.0 Å². The highest BCUT2D eigenvalue weighted by Gasteiger charge is 2.42. The second-order valence-corrected chi connectivity index (χ2v) is 7.78. The van der Waals surface area contributed by atoms with Crippen LogP contribution in [0.2, 0.25) is 0 Å². The van der Waals surface area contributed by atoms with E-state index in [1.54, 1.807) is 7.11 Å². The number of benzene rings is 1. The summed E-state index contributed by atoms with van der Waals surface area (Å²) in [6, 6.07) is 7.93. The largest absolute Gasteiger partial charge is 0.496 e. The standard InChI is InChI=1S/C18H28N2O2/c1-17(2)11-14(12-18(3,4)20-17)19-16(21)10-13-8-6-7-9-15(13)22-5/h6-9,14,20H,10-12H2,1-5H3,(H,19,21)/p+1. The topological polar surface area (TPSA) is 54.9 Å². The third-order valence-corrected chi connectivity index (χ3v) is 4.24. The van der Waals surface area contributed by atoms with E-state index in [9.17, 15) is 4.79 Å². The number of nitrogens with one attached hydrogen (secondary N) is 1. The van der Waals surface area contributed by atoms with Gasteiger partial charge in [-0.05, 0) is 33.8 Å². The van der Waals surface area contributed by atoms with E-state index >= 15 is 0 Å². The number of carbonyl (C=O) groups excluding carboxylic acids is 1. The summed E-state index contributed by atoms with van der Waals surface area (Å²) in [5.41, 5.74) is 1.25. The molecular weight excluding hydrogens is 276 g/mol. The summed E-state index contributed by atoms with van der Waals surface area (Å²) in [5.74, 6) is 0.846. The van der Waals surface area contributed by atoms with Gasteiger partial charge in [-0.2, -0.15) is 0 Å². The van der Waals surface area contributed by atoms with Crippen LogP contribution in [0.3, 0.4) is 0 Å². The molecule has 4 heteroatoms. The molecule has 1 saturated heterocycles. The summed E-state index contributed by atoms with van der Waals surface area (Å²) in [6.07, 6.45) is 2.35. The van der Waals surface area contributed by atoms with Crippen molar-refractivity contribution in [2.75, 3.05) is 7.11 Å². The van der Waals surface area contributed by atoms with Gasteiger partial charge in [0.1, 0.15) is 5.75 Å². The molecule has 1 amide bonds. The Morgan fingerprint density at radius 3 is 2.41 bits per heavy atom. The number of nitrogens with two attached hydrogens (primary N) is 1. The lowest BCUT2D eigenvalue weighted by Gasteiger charge is -2.43. The molecule has 0 aromatic heterocycles. The number of hydrogen-bond donors (Lipinski definition) is 2. The van der Waals surface area contributed by atoms with Crippen molar-refractivity contribution < 1.29 is 14.8 Å². The van der Waals surface area contributed by atoms with E-state index in [1.807, 2.05) is 24.3 Å². The number of amides is 1. The lowest BCUT2D eigenvalue weighted by atomic mass is 9.79. The highest BCUT2D eigenvalue weighted by Crippen LogP contribution is 2.22. The van der Waals surface area contributed by atoms with Crippen molar-refractivity contribution in [2.45, 2.75) is 64.1 Å². The predicted octanol–water partition coefficient (Wildman–Crippen LogP) is 1.64. The molecule has 1 aromatic carbocycles. The molecule has 1 aromatic rings. The zero-order valence-electron chi connectivity index (χ0n) is 14.4. The molecule has 1 fully saturated rings. The summed E-state index contributed by atoms with van der Waals surface area (Å²) in [7, 11) is 1.64. The minimum atomic E-state index is 0.0722. The Morgan fingerprint density at radius 1 is 1.23 bits per heavy atom. The number of ether oxygens (including phenoxy) is 1. The van der Waals surface area contributed by atoms with Crippen LogP contribution < -0.4 is 15.4 Å². The summed E-state index contributed by atoms with van der Waals surface area (Å²) in [6.45, 7) is 8.97. The van der Waals surface area contributed by atoms with Crippen molar-refractivity contribution in [1.82, 2.24) is 5.32 Å². The number of para-hydroxylation sites is 1. The maximum Gasteiger partial charge on any atom is 0.224 e. The molecule has 3 N–H and O–H groups in total. The zero-order valence-corrected chi connectivity index (χ0v) is 14.4. The quantitative estimate of drug-likeness (QED) is 0.888. The molecule has 2 rings (SSSR count). The molecule has 22 heavy (non-hydrogen) atoms. The van der Waals surface area contributed by atoms with E-state index in [2.05, 4.69) is 38.3 Å². The van der Waals surface area contributed by atoms with Crippen LogP contribution in [-0.4, -0.2) is 30.1 Å². The van der Waals surface area contributed by atoms with Crippen molar-refractivity contribution in [3.8, 4) is 5.75 Å². The van der Waals surface area contributed by atoms with E-state index in [0.29, 0.717) is 6.42 Å². The maximum absolute atomic E-state index is 12.4. The number of hydrogen-bond acceptors (Lipinski definition) is 2. The molecule has 1 heterocycles. The molecule has 0 aliphatic carbocycles. The fourth-order valence-corrected chi connectivity index (χ4v) is 3.92. The Bertz CT molecular complexity index is 522. The van der Waals surface area contributed by atoms with Crippen LogP contribution in [0.4, 0.5) is 0 Å². The molecule has 0 spiro atoms. The first kappa shape index (κ1) is 16.8. The monoisotopic (exact) mass is 305 g/mol. The first-order valence-electron chi connectivity index (χ1n) is 7.99. The van der Waals surface area contributed by atoms with Crippen LogP contribution in [0.15, 0.2) is 24.3 Å². The first-order valence-corrected chi connectivity index (χ1v) is 7.99. The van der Waals surface area contributed by atoms with Crippen LogP contribution >= 0.6 is 0 Å². The third-order valence-electron chi connectivity index (χ3n) is 4.24. The van der Waals surface area contributed by atoms with Crippen molar-refractivity contribution in [2.24, 2.45) is 0 Å². The minimum absolute atomic E-state index is 0.0722. The fourth-order valence-electron chi connectivity index (χ4n) is 3.92. The number of methoxy groups -OCH3 is 1. The second kappa shape index (κ2) is 6.29. The molecule has 4 nitrogen and oxygen atoms in total. The highest BCUT2D eigenvalue weighted by molar-refractivity contribution is 5.79. The normalized spacial score (nSPS) is 20.4. The van der Waals surface area contributed by atoms with Gasteiger partial charge in [0.2, 0.25) is 5.91 Å². The van der Waals surface area contributed by atoms with Crippen molar-refractivity contribution in [3.05, 3.63) is 29.8 Å². The molecule has 122 valence electrons. The molecule has 1 aliphatic rings. The number of rotatable bonds is 4. The van der Waals surface area contributed by atoms with Gasteiger partial charge >= 0.3 is 0 Å². The van der Waals surface area contributed by atoms with Gasteiger partial charge in [-0.3, -0.25) is 4.79 Å². The van der Waals surface area contributed by atoms with Gasteiger partial charge in [0.25, 0.3) is 0 Å². The maximum atomic E-state index is 12.4. The summed E-state index contributed by atoms with van der Waals surface area (Å²) >= 11 is 0. The number of piperidine rings is 1. The van der Waals surface area contributed by atoms with Crippen LogP contribution in [0.25, 0.3) is 0 Å². The lowest BCUT2D eigenvalue weighted by Crippen LogP contribution is -3.06.